The maximum Gasteiger partial charge on any atom is 0.239 e. The van der Waals surface area contributed by atoms with Gasteiger partial charge in [0.25, 0.3) is 0 Å². The molecule has 0 bridgehead atoms. The Morgan fingerprint density at radius 3 is 2.50 bits per heavy atom. The number of nitrogens with zero attached hydrogens (tertiary/aromatic N) is 1. The Morgan fingerprint density at radius 2 is 1.92 bits per heavy atom. The standard InChI is InChI=1S/C18H25N3O5/c1-5-21-16(23)9-12(18(24)20-10-15(22)19-2)17(21)11-6-7-13(25-3)14(8-11)26-4/h6-8,12,17H,5,9-10H2,1-4H3,(H,19,22)(H,20,24)/t12-,17+/m1/s1. The zero-order chi connectivity index (χ0) is 19.3. The van der Waals surface area contributed by atoms with E-state index in [1.165, 1.54) is 14.2 Å². The molecule has 1 heterocycles. The van der Waals surface area contributed by atoms with Gasteiger partial charge in [-0.05, 0) is 24.6 Å². The van der Waals surface area contributed by atoms with Crippen molar-refractivity contribution in [3.05, 3.63) is 23.8 Å². The summed E-state index contributed by atoms with van der Waals surface area (Å²) in [5.41, 5.74) is 0.787. The van der Waals surface area contributed by atoms with Gasteiger partial charge in [-0.1, -0.05) is 6.07 Å². The van der Waals surface area contributed by atoms with E-state index < -0.39 is 12.0 Å². The van der Waals surface area contributed by atoms with E-state index in [-0.39, 0.29) is 30.7 Å². The Hall–Kier alpha value is -2.77. The summed E-state index contributed by atoms with van der Waals surface area (Å²) in [6, 6.07) is 4.94. The molecule has 2 N–H and O–H groups in total. The first-order valence-electron chi connectivity index (χ1n) is 8.46. The Balaban J connectivity index is 2.32. The Kier molecular flexibility index (Phi) is 6.43. The predicted octanol–water partition coefficient (Wildman–Crippen LogP) is 0.476. The topological polar surface area (TPSA) is 97.0 Å². The van der Waals surface area contributed by atoms with Crippen molar-refractivity contribution in [2.75, 3.05) is 34.4 Å². The summed E-state index contributed by atoms with van der Waals surface area (Å²) >= 11 is 0. The van der Waals surface area contributed by atoms with E-state index >= 15 is 0 Å². The first-order valence-corrected chi connectivity index (χ1v) is 8.46. The van der Waals surface area contributed by atoms with Crippen LogP contribution in [-0.2, 0) is 14.4 Å². The summed E-state index contributed by atoms with van der Waals surface area (Å²) in [5, 5.41) is 5.05. The van der Waals surface area contributed by atoms with E-state index in [0.29, 0.717) is 18.0 Å². The Labute approximate surface area is 152 Å². The molecule has 1 saturated heterocycles. The molecule has 2 atom stereocenters. The molecule has 142 valence electrons. The quantitative estimate of drug-likeness (QED) is 0.734. The van der Waals surface area contributed by atoms with E-state index in [2.05, 4.69) is 10.6 Å². The number of methoxy groups -OCH3 is 2. The zero-order valence-electron chi connectivity index (χ0n) is 15.5. The lowest BCUT2D eigenvalue weighted by Crippen LogP contribution is -2.40. The van der Waals surface area contributed by atoms with Crippen LogP contribution in [0.25, 0.3) is 0 Å². The molecule has 1 aromatic rings. The summed E-state index contributed by atoms with van der Waals surface area (Å²) in [7, 11) is 4.58. The molecule has 1 aliphatic heterocycles. The smallest absolute Gasteiger partial charge is 0.239 e. The van der Waals surface area contributed by atoms with Crippen LogP contribution in [0.15, 0.2) is 18.2 Å². The van der Waals surface area contributed by atoms with Crippen LogP contribution in [0.3, 0.4) is 0 Å². The first kappa shape index (κ1) is 19.6. The van der Waals surface area contributed by atoms with Gasteiger partial charge in [0.1, 0.15) is 0 Å². The minimum atomic E-state index is -0.579. The SMILES string of the molecule is CCN1C(=O)C[C@@H](C(=O)NCC(=O)NC)[C@@H]1c1ccc(OC)c(OC)c1. The highest BCUT2D eigenvalue weighted by Crippen LogP contribution is 2.41. The number of benzene rings is 1. The van der Waals surface area contributed by atoms with E-state index in [4.69, 9.17) is 9.47 Å². The van der Waals surface area contributed by atoms with Crippen LogP contribution in [-0.4, -0.2) is 57.0 Å². The van der Waals surface area contributed by atoms with Gasteiger partial charge in [-0.2, -0.15) is 0 Å². The van der Waals surface area contributed by atoms with Crippen molar-refractivity contribution in [2.24, 2.45) is 5.92 Å². The third-order valence-electron chi connectivity index (χ3n) is 4.56. The van der Waals surface area contributed by atoms with Crippen LogP contribution in [0.5, 0.6) is 11.5 Å². The highest BCUT2D eigenvalue weighted by atomic mass is 16.5. The van der Waals surface area contributed by atoms with Gasteiger partial charge in [-0.15, -0.1) is 0 Å². The van der Waals surface area contributed by atoms with Gasteiger partial charge in [0.05, 0.1) is 32.7 Å². The molecule has 8 heteroatoms. The number of hydrogen-bond acceptors (Lipinski definition) is 5. The van der Waals surface area contributed by atoms with Crippen molar-refractivity contribution in [3.8, 4) is 11.5 Å². The first-order chi connectivity index (χ1) is 12.5. The molecule has 3 amide bonds. The second kappa shape index (κ2) is 8.55. The second-order valence-electron chi connectivity index (χ2n) is 5.94. The molecule has 0 saturated carbocycles. The molecule has 0 unspecified atom stereocenters. The number of rotatable bonds is 7. The number of carbonyl (C=O) groups is 3. The molecule has 1 fully saturated rings. The molecule has 0 radical (unpaired) electrons. The van der Waals surface area contributed by atoms with Crippen molar-refractivity contribution in [1.82, 2.24) is 15.5 Å². The number of hydrogen-bond donors (Lipinski definition) is 2. The average molecular weight is 363 g/mol. The average Bonchev–Trinajstić information content (AvgIpc) is 3.01. The lowest BCUT2D eigenvalue weighted by Gasteiger charge is -2.27. The van der Waals surface area contributed by atoms with Crippen LogP contribution in [0.1, 0.15) is 24.9 Å². The summed E-state index contributed by atoms with van der Waals surface area (Å²) in [5.74, 6) is -0.179. The van der Waals surface area contributed by atoms with Crippen LogP contribution in [0.2, 0.25) is 0 Å². The van der Waals surface area contributed by atoms with Crippen molar-refractivity contribution >= 4 is 17.7 Å². The monoisotopic (exact) mass is 363 g/mol. The Morgan fingerprint density at radius 1 is 1.23 bits per heavy atom. The molecule has 0 aromatic heterocycles. The third-order valence-corrected chi connectivity index (χ3v) is 4.56. The summed E-state index contributed by atoms with van der Waals surface area (Å²) in [6.45, 7) is 2.23. The minimum Gasteiger partial charge on any atom is -0.493 e. The number of amides is 3. The Bertz CT molecular complexity index is 691. The number of likely N-dealkylation sites (tertiary alicyclic amines) is 1. The summed E-state index contributed by atoms with van der Waals surface area (Å²) < 4.78 is 10.6. The highest BCUT2D eigenvalue weighted by Gasteiger charge is 2.44. The molecule has 1 aliphatic rings. The van der Waals surface area contributed by atoms with E-state index in [1.807, 2.05) is 13.0 Å². The van der Waals surface area contributed by atoms with Gasteiger partial charge in [-0.25, -0.2) is 0 Å². The molecule has 26 heavy (non-hydrogen) atoms. The van der Waals surface area contributed by atoms with Gasteiger partial charge in [-0.3, -0.25) is 14.4 Å². The minimum absolute atomic E-state index is 0.0904. The number of nitrogens with one attached hydrogen (secondary N) is 2. The summed E-state index contributed by atoms with van der Waals surface area (Å²) in [6.07, 6.45) is 0.104. The third kappa shape index (κ3) is 3.89. The van der Waals surface area contributed by atoms with Gasteiger partial charge in [0.15, 0.2) is 11.5 Å². The highest BCUT2D eigenvalue weighted by molar-refractivity contribution is 5.92. The molecule has 0 spiro atoms. The number of likely N-dealkylation sites (N-methyl/N-ethyl adjacent to an activating group) is 1. The number of ether oxygens (including phenoxy) is 2. The van der Waals surface area contributed by atoms with Gasteiger partial charge in [0, 0.05) is 20.0 Å². The maximum atomic E-state index is 12.6. The fraction of sp³-hybridized carbons (Fsp3) is 0.500. The molecule has 2 rings (SSSR count). The van der Waals surface area contributed by atoms with Crippen molar-refractivity contribution in [2.45, 2.75) is 19.4 Å². The zero-order valence-corrected chi connectivity index (χ0v) is 15.5. The molecule has 8 nitrogen and oxygen atoms in total. The lowest BCUT2D eigenvalue weighted by atomic mass is 9.92. The summed E-state index contributed by atoms with van der Waals surface area (Å²) in [4.78, 5) is 38.1. The fourth-order valence-corrected chi connectivity index (χ4v) is 3.23. The van der Waals surface area contributed by atoms with Gasteiger partial charge >= 0.3 is 0 Å². The van der Waals surface area contributed by atoms with Crippen LogP contribution < -0.4 is 20.1 Å². The van der Waals surface area contributed by atoms with Crippen molar-refractivity contribution < 1.29 is 23.9 Å². The predicted molar refractivity (Wildman–Crippen MR) is 94.9 cm³/mol. The van der Waals surface area contributed by atoms with E-state index in [9.17, 15) is 14.4 Å². The van der Waals surface area contributed by atoms with Crippen LogP contribution >= 0.6 is 0 Å². The van der Waals surface area contributed by atoms with Gasteiger partial charge in [0.2, 0.25) is 17.7 Å². The maximum absolute atomic E-state index is 12.6. The van der Waals surface area contributed by atoms with Crippen LogP contribution in [0, 0.1) is 5.92 Å². The van der Waals surface area contributed by atoms with E-state index in [0.717, 1.165) is 5.56 Å². The second-order valence-corrected chi connectivity index (χ2v) is 5.94. The van der Waals surface area contributed by atoms with Gasteiger partial charge < -0.3 is 25.0 Å². The van der Waals surface area contributed by atoms with Crippen LogP contribution in [0.4, 0.5) is 0 Å². The van der Waals surface area contributed by atoms with Crippen molar-refractivity contribution in [3.63, 3.8) is 0 Å². The number of carbonyl (C=O) groups excluding carboxylic acids is 3. The lowest BCUT2D eigenvalue weighted by molar-refractivity contribution is -0.129. The molecular weight excluding hydrogens is 338 g/mol. The molecular formula is C18H25N3O5. The molecule has 1 aromatic carbocycles. The van der Waals surface area contributed by atoms with E-state index in [1.54, 1.807) is 24.1 Å². The van der Waals surface area contributed by atoms with Crippen molar-refractivity contribution in [1.29, 1.82) is 0 Å². The molecule has 0 aliphatic carbocycles. The largest absolute Gasteiger partial charge is 0.493 e. The fourth-order valence-electron chi connectivity index (χ4n) is 3.23. The normalized spacial score (nSPS) is 19.2.